The van der Waals surface area contributed by atoms with Crippen molar-refractivity contribution in [2.45, 2.75) is 37.8 Å². The summed E-state index contributed by atoms with van der Waals surface area (Å²) in [6, 6.07) is 14.2. The zero-order valence-corrected chi connectivity index (χ0v) is 14.7. The summed E-state index contributed by atoms with van der Waals surface area (Å²) >= 11 is 0. The first-order valence-electron chi connectivity index (χ1n) is 9.16. The molecule has 0 saturated heterocycles. The van der Waals surface area contributed by atoms with Crippen LogP contribution in [-0.2, 0) is 6.54 Å². The van der Waals surface area contributed by atoms with Gasteiger partial charge in [0.25, 0.3) is 0 Å². The molecule has 1 N–H and O–H groups in total. The second-order valence-corrected chi connectivity index (χ2v) is 6.82. The maximum atomic E-state index is 10.8. The number of nitrogens with zero attached hydrogens (tertiary/aromatic N) is 3. The summed E-state index contributed by atoms with van der Waals surface area (Å²) in [6.45, 7) is 0.686. The molecule has 1 aliphatic carbocycles. The second-order valence-electron chi connectivity index (χ2n) is 6.82. The average molecular weight is 345 g/mol. The van der Waals surface area contributed by atoms with Crippen molar-refractivity contribution in [2.75, 3.05) is 0 Å². The van der Waals surface area contributed by atoms with Crippen molar-refractivity contribution in [3.05, 3.63) is 95.9 Å². The van der Waals surface area contributed by atoms with E-state index in [1.807, 2.05) is 34.9 Å². The van der Waals surface area contributed by atoms with Gasteiger partial charge in [-0.15, -0.1) is 0 Å². The third-order valence-corrected chi connectivity index (χ3v) is 4.98. The van der Waals surface area contributed by atoms with Gasteiger partial charge in [0.2, 0.25) is 0 Å². The van der Waals surface area contributed by atoms with Crippen molar-refractivity contribution in [1.82, 2.24) is 14.5 Å². The Bertz CT molecular complexity index is 868. The van der Waals surface area contributed by atoms with Crippen LogP contribution in [0.2, 0.25) is 0 Å². The van der Waals surface area contributed by atoms with Crippen LogP contribution in [0.1, 0.15) is 53.8 Å². The molecule has 1 aliphatic rings. The number of aromatic nitrogens is 3. The van der Waals surface area contributed by atoms with Crippen LogP contribution in [0.4, 0.5) is 0 Å². The van der Waals surface area contributed by atoms with Crippen LogP contribution in [0.15, 0.2) is 73.3 Å². The van der Waals surface area contributed by atoms with Gasteiger partial charge >= 0.3 is 0 Å². The van der Waals surface area contributed by atoms with Crippen LogP contribution in [0.3, 0.4) is 0 Å². The second kappa shape index (κ2) is 7.67. The standard InChI is InChI=1S/C22H23N3O/c26-22(19-11-12-20(24-13-19)18-9-5-2-6-10-18)21-14-23-16-25(21)15-17-7-3-1-4-8-17/h1,3-5,7-9,11-14,16,18,22,26H,2,6,10,15H2. The minimum atomic E-state index is -0.732. The SMILES string of the molecule is OC(c1ccc(C2C=CCCC2)nc1)c1cncn1Cc1ccccc1. The molecule has 2 aromatic heterocycles. The van der Waals surface area contributed by atoms with Gasteiger partial charge in [-0.3, -0.25) is 4.98 Å². The average Bonchev–Trinajstić information content (AvgIpc) is 3.17. The van der Waals surface area contributed by atoms with Crippen LogP contribution in [0.25, 0.3) is 0 Å². The number of rotatable bonds is 5. The lowest BCUT2D eigenvalue weighted by atomic mass is 9.92. The van der Waals surface area contributed by atoms with E-state index in [9.17, 15) is 5.11 Å². The smallest absolute Gasteiger partial charge is 0.122 e. The molecule has 0 saturated carbocycles. The normalized spacial score (nSPS) is 18.0. The van der Waals surface area contributed by atoms with Gasteiger partial charge in [0.05, 0.1) is 18.2 Å². The molecule has 2 atom stereocenters. The van der Waals surface area contributed by atoms with Gasteiger partial charge in [0, 0.05) is 29.9 Å². The Balaban J connectivity index is 1.53. The van der Waals surface area contributed by atoms with E-state index in [2.05, 4.69) is 34.3 Å². The number of allylic oxidation sites excluding steroid dienone is 2. The third-order valence-electron chi connectivity index (χ3n) is 4.98. The van der Waals surface area contributed by atoms with Gasteiger partial charge in [0.1, 0.15) is 6.10 Å². The summed E-state index contributed by atoms with van der Waals surface area (Å²) in [6.07, 6.45) is 12.6. The van der Waals surface area contributed by atoms with E-state index in [1.165, 1.54) is 18.4 Å². The van der Waals surface area contributed by atoms with Crippen LogP contribution in [-0.4, -0.2) is 19.6 Å². The van der Waals surface area contributed by atoms with Crippen molar-refractivity contribution in [2.24, 2.45) is 0 Å². The van der Waals surface area contributed by atoms with Gasteiger partial charge in [-0.2, -0.15) is 0 Å². The van der Waals surface area contributed by atoms with E-state index < -0.39 is 6.10 Å². The van der Waals surface area contributed by atoms with E-state index in [0.29, 0.717) is 12.5 Å². The lowest BCUT2D eigenvalue weighted by Gasteiger charge is -2.17. The Morgan fingerprint density at radius 3 is 2.73 bits per heavy atom. The number of hydrogen-bond donors (Lipinski definition) is 1. The highest BCUT2D eigenvalue weighted by atomic mass is 16.3. The predicted molar refractivity (Wildman–Crippen MR) is 102 cm³/mol. The van der Waals surface area contributed by atoms with Crippen molar-refractivity contribution < 1.29 is 5.11 Å². The molecule has 4 nitrogen and oxygen atoms in total. The molecule has 4 heteroatoms. The Morgan fingerprint density at radius 1 is 1.12 bits per heavy atom. The Morgan fingerprint density at radius 2 is 2.00 bits per heavy atom. The lowest BCUT2D eigenvalue weighted by Crippen LogP contribution is -2.10. The molecule has 0 amide bonds. The fourth-order valence-electron chi connectivity index (χ4n) is 3.50. The molecular weight excluding hydrogens is 322 g/mol. The Hall–Kier alpha value is -2.72. The van der Waals surface area contributed by atoms with E-state index in [-0.39, 0.29) is 0 Å². The number of benzene rings is 1. The molecule has 132 valence electrons. The number of pyridine rings is 1. The van der Waals surface area contributed by atoms with Gasteiger partial charge in [-0.1, -0.05) is 48.6 Å². The van der Waals surface area contributed by atoms with Crippen molar-refractivity contribution >= 4 is 0 Å². The third kappa shape index (κ3) is 3.60. The number of hydrogen-bond acceptors (Lipinski definition) is 3. The first-order chi connectivity index (χ1) is 12.8. The van der Waals surface area contributed by atoms with E-state index >= 15 is 0 Å². The van der Waals surface area contributed by atoms with E-state index in [4.69, 9.17) is 0 Å². The van der Waals surface area contributed by atoms with E-state index in [0.717, 1.165) is 23.4 Å². The molecule has 0 radical (unpaired) electrons. The number of aliphatic hydroxyl groups excluding tert-OH is 1. The summed E-state index contributed by atoms with van der Waals surface area (Å²) < 4.78 is 1.98. The largest absolute Gasteiger partial charge is 0.382 e. The highest BCUT2D eigenvalue weighted by Crippen LogP contribution is 2.28. The number of aliphatic hydroxyl groups is 1. The predicted octanol–water partition coefficient (Wildman–Crippen LogP) is 4.23. The quantitative estimate of drug-likeness (QED) is 0.704. The van der Waals surface area contributed by atoms with Crippen molar-refractivity contribution in [3.8, 4) is 0 Å². The Kier molecular flexibility index (Phi) is 4.93. The minimum absolute atomic E-state index is 0.401. The summed E-state index contributed by atoms with van der Waals surface area (Å²) in [5.74, 6) is 0.401. The summed E-state index contributed by atoms with van der Waals surface area (Å²) in [7, 11) is 0. The molecule has 0 fully saturated rings. The van der Waals surface area contributed by atoms with Crippen molar-refractivity contribution in [1.29, 1.82) is 0 Å². The monoisotopic (exact) mass is 345 g/mol. The molecular formula is C22H23N3O. The van der Waals surface area contributed by atoms with Crippen LogP contribution in [0, 0.1) is 0 Å². The molecule has 2 unspecified atom stereocenters. The topological polar surface area (TPSA) is 50.9 Å². The summed E-state index contributed by atoms with van der Waals surface area (Å²) in [4.78, 5) is 8.84. The fraction of sp³-hybridized carbons (Fsp3) is 0.273. The van der Waals surface area contributed by atoms with Gasteiger partial charge in [-0.25, -0.2) is 4.98 Å². The molecule has 3 aromatic rings. The van der Waals surface area contributed by atoms with Crippen LogP contribution >= 0.6 is 0 Å². The molecule has 1 aromatic carbocycles. The maximum absolute atomic E-state index is 10.8. The van der Waals surface area contributed by atoms with Gasteiger partial charge < -0.3 is 9.67 Å². The molecule has 2 heterocycles. The highest BCUT2D eigenvalue weighted by molar-refractivity contribution is 5.27. The van der Waals surface area contributed by atoms with Gasteiger partial charge in [-0.05, 0) is 30.9 Å². The highest BCUT2D eigenvalue weighted by Gasteiger charge is 2.17. The molecule has 26 heavy (non-hydrogen) atoms. The lowest BCUT2D eigenvalue weighted by molar-refractivity contribution is 0.210. The fourth-order valence-corrected chi connectivity index (χ4v) is 3.50. The molecule has 4 rings (SSSR count). The zero-order chi connectivity index (χ0) is 17.8. The van der Waals surface area contributed by atoms with Crippen LogP contribution < -0.4 is 0 Å². The van der Waals surface area contributed by atoms with Crippen LogP contribution in [0.5, 0.6) is 0 Å². The Labute approximate surface area is 153 Å². The maximum Gasteiger partial charge on any atom is 0.122 e. The molecule has 0 bridgehead atoms. The molecule has 0 aliphatic heterocycles. The zero-order valence-electron chi connectivity index (χ0n) is 14.7. The van der Waals surface area contributed by atoms with Gasteiger partial charge in [0.15, 0.2) is 0 Å². The first kappa shape index (κ1) is 16.7. The summed E-state index contributed by atoms with van der Waals surface area (Å²) in [5, 5.41) is 10.8. The summed E-state index contributed by atoms with van der Waals surface area (Å²) in [5.41, 5.74) is 3.83. The first-order valence-corrected chi connectivity index (χ1v) is 9.16. The number of imidazole rings is 1. The molecule has 0 spiro atoms. The van der Waals surface area contributed by atoms with E-state index in [1.54, 1.807) is 18.7 Å². The van der Waals surface area contributed by atoms with Crippen molar-refractivity contribution in [3.63, 3.8) is 0 Å². The minimum Gasteiger partial charge on any atom is -0.382 e.